The van der Waals surface area contributed by atoms with E-state index in [0.717, 1.165) is 56.7 Å². The highest BCUT2D eigenvalue weighted by molar-refractivity contribution is 9.10. The van der Waals surface area contributed by atoms with Crippen molar-refractivity contribution in [2.45, 2.75) is 12.8 Å². The Hall–Kier alpha value is -3.50. The first kappa shape index (κ1) is 19.2. The van der Waals surface area contributed by atoms with Crippen LogP contribution in [0.25, 0.3) is 50.9 Å². The van der Waals surface area contributed by atoms with Crippen LogP contribution < -0.4 is 0 Å². The second kappa shape index (κ2) is 7.88. The third-order valence-electron chi connectivity index (χ3n) is 5.85. The van der Waals surface area contributed by atoms with Gasteiger partial charge in [-0.25, -0.2) is 9.97 Å². The molecule has 0 saturated carbocycles. The highest BCUT2D eigenvalue weighted by atomic mass is 79.9. The molecule has 0 bridgehead atoms. The number of benzene rings is 3. The van der Waals surface area contributed by atoms with Gasteiger partial charge in [-0.05, 0) is 43.2 Å². The second-order valence-electron chi connectivity index (χ2n) is 7.90. The van der Waals surface area contributed by atoms with Gasteiger partial charge >= 0.3 is 0 Å². The molecule has 2 heterocycles. The van der Waals surface area contributed by atoms with Gasteiger partial charge in [0.05, 0.1) is 11.4 Å². The Labute approximate surface area is 194 Å². The number of allylic oxidation sites excluding steroid dienone is 1. The molecule has 0 unspecified atom stereocenters. The fraction of sp³-hybridized carbons (Fsp3) is 0.0714. The van der Waals surface area contributed by atoms with Crippen LogP contribution in [0.3, 0.4) is 0 Å². The van der Waals surface area contributed by atoms with E-state index in [9.17, 15) is 0 Å². The molecule has 0 saturated heterocycles. The van der Waals surface area contributed by atoms with Crippen molar-refractivity contribution in [3.63, 3.8) is 0 Å². The highest BCUT2D eigenvalue weighted by Crippen LogP contribution is 2.37. The first-order valence-electron chi connectivity index (χ1n) is 10.7. The van der Waals surface area contributed by atoms with Crippen molar-refractivity contribution in [1.29, 1.82) is 0 Å². The lowest BCUT2D eigenvalue weighted by Gasteiger charge is -2.10. The lowest BCUT2D eigenvalue weighted by atomic mass is 9.99. The van der Waals surface area contributed by atoms with Crippen molar-refractivity contribution in [2.75, 3.05) is 0 Å². The molecule has 0 amide bonds. The van der Waals surface area contributed by atoms with E-state index in [4.69, 9.17) is 14.4 Å². The summed E-state index contributed by atoms with van der Waals surface area (Å²) in [6.45, 7) is 0. The molecule has 4 heteroatoms. The number of nitrogens with zero attached hydrogens (tertiary/aromatic N) is 2. The van der Waals surface area contributed by atoms with E-state index in [0.29, 0.717) is 5.82 Å². The molecule has 0 atom stereocenters. The molecule has 32 heavy (non-hydrogen) atoms. The number of aromatic nitrogens is 2. The van der Waals surface area contributed by atoms with Crippen LogP contribution in [0.1, 0.15) is 17.7 Å². The van der Waals surface area contributed by atoms with Gasteiger partial charge in [-0.3, -0.25) is 0 Å². The largest absolute Gasteiger partial charge is 0.456 e. The minimum Gasteiger partial charge on any atom is -0.456 e. The summed E-state index contributed by atoms with van der Waals surface area (Å²) in [5.41, 5.74) is 6.94. The molecule has 0 radical (unpaired) electrons. The molecular formula is C28H19BrN2O. The lowest BCUT2D eigenvalue weighted by molar-refractivity contribution is 0.596. The molecule has 0 fully saturated rings. The topological polar surface area (TPSA) is 38.9 Å². The van der Waals surface area contributed by atoms with E-state index in [1.165, 1.54) is 10.9 Å². The number of fused-ring (bicyclic) bond motifs is 3. The average molecular weight is 479 g/mol. The van der Waals surface area contributed by atoms with E-state index >= 15 is 0 Å². The number of halogens is 1. The monoisotopic (exact) mass is 478 g/mol. The molecule has 6 rings (SSSR count). The maximum Gasteiger partial charge on any atom is 0.160 e. The van der Waals surface area contributed by atoms with Crippen LogP contribution in [-0.4, -0.2) is 9.97 Å². The van der Waals surface area contributed by atoms with Gasteiger partial charge in [0.2, 0.25) is 0 Å². The van der Waals surface area contributed by atoms with Crippen LogP contribution in [0.2, 0.25) is 0 Å². The van der Waals surface area contributed by atoms with Crippen molar-refractivity contribution in [3.05, 3.63) is 101 Å². The van der Waals surface area contributed by atoms with Gasteiger partial charge in [0, 0.05) is 32.1 Å². The second-order valence-corrected chi connectivity index (χ2v) is 8.82. The molecular weight excluding hydrogens is 460 g/mol. The molecule has 1 aliphatic rings. The molecule has 3 aromatic carbocycles. The molecule has 0 aliphatic heterocycles. The standard InChI is InChI=1S/C28H19BrN2O/c29-20-15-13-18(14-16-20)24-17-25(31-28(30-24)19-7-2-1-3-8-19)23-11-6-10-22-21-9-4-5-12-26(21)32-27(22)23/h1-3,5-8,10-17H,4,9H2. The summed E-state index contributed by atoms with van der Waals surface area (Å²) in [5, 5.41) is 1.17. The van der Waals surface area contributed by atoms with Crippen molar-refractivity contribution in [2.24, 2.45) is 0 Å². The number of furan rings is 1. The number of para-hydroxylation sites is 1. The van der Waals surface area contributed by atoms with Crippen LogP contribution >= 0.6 is 15.9 Å². The highest BCUT2D eigenvalue weighted by Gasteiger charge is 2.19. The van der Waals surface area contributed by atoms with Gasteiger partial charge in [-0.15, -0.1) is 0 Å². The van der Waals surface area contributed by atoms with E-state index in [1.54, 1.807) is 0 Å². The zero-order valence-electron chi connectivity index (χ0n) is 17.3. The van der Waals surface area contributed by atoms with Gasteiger partial charge in [0.15, 0.2) is 5.82 Å². The van der Waals surface area contributed by atoms with Gasteiger partial charge < -0.3 is 4.42 Å². The molecule has 154 valence electrons. The van der Waals surface area contributed by atoms with Crippen molar-refractivity contribution in [1.82, 2.24) is 9.97 Å². The van der Waals surface area contributed by atoms with Gasteiger partial charge in [0.1, 0.15) is 11.3 Å². The molecule has 0 N–H and O–H groups in total. The minimum absolute atomic E-state index is 0.703. The summed E-state index contributed by atoms with van der Waals surface area (Å²) in [7, 11) is 0. The number of hydrogen-bond acceptors (Lipinski definition) is 3. The van der Waals surface area contributed by atoms with Crippen LogP contribution in [0.4, 0.5) is 0 Å². The fourth-order valence-corrected chi connectivity index (χ4v) is 4.54. The minimum atomic E-state index is 0.703. The predicted octanol–water partition coefficient (Wildman–Crippen LogP) is 7.95. The Morgan fingerprint density at radius 1 is 0.781 bits per heavy atom. The van der Waals surface area contributed by atoms with E-state index in [1.807, 2.05) is 42.5 Å². The SMILES string of the molecule is Brc1ccc(-c2cc(-c3cccc4c5c(oc34)C=CCC5)nc(-c3ccccc3)n2)cc1. The molecule has 2 aromatic heterocycles. The Balaban J connectivity index is 1.59. The molecule has 3 nitrogen and oxygen atoms in total. The summed E-state index contributed by atoms with van der Waals surface area (Å²) < 4.78 is 7.37. The lowest BCUT2D eigenvalue weighted by Crippen LogP contribution is -1.96. The van der Waals surface area contributed by atoms with Gasteiger partial charge in [0.25, 0.3) is 0 Å². The van der Waals surface area contributed by atoms with Crippen LogP contribution in [0, 0.1) is 0 Å². The Morgan fingerprint density at radius 3 is 2.44 bits per heavy atom. The smallest absolute Gasteiger partial charge is 0.160 e. The van der Waals surface area contributed by atoms with Gasteiger partial charge in [-0.1, -0.05) is 76.6 Å². The van der Waals surface area contributed by atoms with Crippen LogP contribution in [0.15, 0.2) is 93.8 Å². The van der Waals surface area contributed by atoms with Crippen molar-refractivity contribution in [3.8, 4) is 33.9 Å². The summed E-state index contributed by atoms with van der Waals surface area (Å²) in [6, 6.07) is 26.7. The summed E-state index contributed by atoms with van der Waals surface area (Å²) in [4.78, 5) is 9.88. The number of rotatable bonds is 3. The summed E-state index contributed by atoms with van der Waals surface area (Å²) in [5.74, 6) is 1.67. The Kier molecular flexibility index (Phi) is 4.73. The summed E-state index contributed by atoms with van der Waals surface area (Å²) in [6.07, 6.45) is 6.32. The molecule has 5 aromatic rings. The van der Waals surface area contributed by atoms with Crippen LogP contribution in [-0.2, 0) is 6.42 Å². The zero-order chi connectivity index (χ0) is 21.5. The molecule has 0 spiro atoms. The normalized spacial score (nSPS) is 12.8. The van der Waals surface area contributed by atoms with Crippen molar-refractivity contribution < 1.29 is 4.42 Å². The fourth-order valence-electron chi connectivity index (χ4n) is 4.27. The maximum atomic E-state index is 6.33. The van der Waals surface area contributed by atoms with Crippen molar-refractivity contribution >= 4 is 33.0 Å². The van der Waals surface area contributed by atoms with Gasteiger partial charge in [-0.2, -0.15) is 0 Å². The first-order chi connectivity index (χ1) is 15.8. The Bertz CT molecular complexity index is 1470. The average Bonchev–Trinajstić information content (AvgIpc) is 3.24. The zero-order valence-corrected chi connectivity index (χ0v) is 18.8. The van der Waals surface area contributed by atoms with Crippen LogP contribution in [0.5, 0.6) is 0 Å². The molecule has 1 aliphatic carbocycles. The quantitative estimate of drug-likeness (QED) is 0.264. The summed E-state index contributed by atoms with van der Waals surface area (Å²) >= 11 is 3.52. The number of hydrogen-bond donors (Lipinski definition) is 0. The maximum absolute atomic E-state index is 6.33. The third-order valence-corrected chi connectivity index (χ3v) is 6.38. The predicted molar refractivity (Wildman–Crippen MR) is 133 cm³/mol. The van der Waals surface area contributed by atoms with E-state index in [-0.39, 0.29) is 0 Å². The number of aryl methyl sites for hydroxylation is 1. The van der Waals surface area contributed by atoms with E-state index < -0.39 is 0 Å². The first-order valence-corrected chi connectivity index (χ1v) is 11.5. The van der Waals surface area contributed by atoms with E-state index in [2.05, 4.69) is 64.5 Å². The Morgan fingerprint density at radius 2 is 1.59 bits per heavy atom. The third kappa shape index (κ3) is 3.37.